The van der Waals surface area contributed by atoms with Crippen LogP contribution < -0.4 is 4.74 Å². The standard InChI is InChI=1S/C36H41F2N3O3/c1-2-3-20-41-31(34(28-10-6-4-7-11-28)39-35(41)29-12-8-5-9-13-29)24-40(22-26-14-17-30(18-15-26)44-36(37)38)23-27-16-19-32-33(21-27)43-25-42-32/h4-15,17-18,27,32-33,36H,2-3,16,19-25H2,1H3. The Morgan fingerprint density at radius 3 is 2.30 bits per heavy atom. The third-order valence-electron chi connectivity index (χ3n) is 8.74. The number of fused-ring (bicyclic) bond motifs is 1. The minimum Gasteiger partial charge on any atom is -0.435 e. The van der Waals surface area contributed by atoms with Crippen molar-refractivity contribution in [3.63, 3.8) is 0 Å². The van der Waals surface area contributed by atoms with Crippen molar-refractivity contribution >= 4 is 0 Å². The Bertz CT molecular complexity index is 1460. The van der Waals surface area contributed by atoms with Gasteiger partial charge in [-0.15, -0.1) is 0 Å². The van der Waals surface area contributed by atoms with E-state index in [-0.39, 0.29) is 18.0 Å². The first-order chi connectivity index (χ1) is 21.6. The number of unbranched alkanes of at least 4 members (excludes halogenated alkanes) is 1. The highest BCUT2D eigenvalue weighted by Crippen LogP contribution is 2.35. The predicted molar refractivity (Wildman–Crippen MR) is 167 cm³/mol. The van der Waals surface area contributed by atoms with Gasteiger partial charge < -0.3 is 18.8 Å². The number of halogens is 2. The monoisotopic (exact) mass is 601 g/mol. The molecule has 2 heterocycles. The summed E-state index contributed by atoms with van der Waals surface area (Å²) in [7, 11) is 0. The van der Waals surface area contributed by atoms with Gasteiger partial charge in [0, 0.05) is 37.3 Å². The van der Waals surface area contributed by atoms with Crippen molar-refractivity contribution < 1.29 is 23.0 Å². The highest BCUT2D eigenvalue weighted by molar-refractivity contribution is 5.68. The second-order valence-corrected chi connectivity index (χ2v) is 11.9. The first kappa shape index (κ1) is 30.4. The van der Waals surface area contributed by atoms with Crippen LogP contribution in [0, 0.1) is 5.92 Å². The van der Waals surface area contributed by atoms with Crippen LogP contribution in [0.4, 0.5) is 8.78 Å². The van der Waals surface area contributed by atoms with Gasteiger partial charge in [-0.2, -0.15) is 8.78 Å². The summed E-state index contributed by atoms with van der Waals surface area (Å²) < 4.78 is 44.3. The van der Waals surface area contributed by atoms with E-state index < -0.39 is 6.61 Å². The van der Waals surface area contributed by atoms with E-state index in [0.717, 1.165) is 73.4 Å². The Balaban J connectivity index is 1.36. The lowest BCUT2D eigenvalue weighted by Gasteiger charge is -2.34. The van der Waals surface area contributed by atoms with Crippen molar-refractivity contribution in [1.82, 2.24) is 14.5 Å². The zero-order chi connectivity index (χ0) is 30.3. The molecule has 3 unspecified atom stereocenters. The molecular weight excluding hydrogens is 560 g/mol. The van der Waals surface area contributed by atoms with Crippen LogP contribution in [-0.2, 0) is 29.1 Å². The van der Waals surface area contributed by atoms with Crippen molar-refractivity contribution in [2.45, 2.75) is 77.5 Å². The van der Waals surface area contributed by atoms with E-state index in [1.54, 1.807) is 12.1 Å². The van der Waals surface area contributed by atoms with Crippen LogP contribution in [-0.4, -0.2) is 46.6 Å². The van der Waals surface area contributed by atoms with Gasteiger partial charge in [0.25, 0.3) is 0 Å². The number of rotatable bonds is 13. The number of nitrogens with zero attached hydrogens (tertiary/aromatic N) is 3. The van der Waals surface area contributed by atoms with Gasteiger partial charge in [-0.25, -0.2) is 4.98 Å². The van der Waals surface area contributed by atoms with Crippen molar-refractivity contribution in [2.75, 3.05) is 13.3 Å². The number of aromatic nitrogens is 2. The minimum atomic E-state index is -2.84. The number of benzene rings is 3. The molecule has 8 heteroatoms. The van der Waals surface area contributed by atoms with Gasteiger partial charge in [0.2, 0.25) is 0 Å². The van der Waals surface area contributed by atoms with E-state index in [2.05, 4.69) is 69.7 Å². The van der Waals surface area contributed by atoms with Gasteiger partial charge in [-0.3, -0.25) is 4.90 Å². The minimum absolute atomic E-state index is 0.154. The van der Waals surface area contributed by atoms with Crippen LogP contribution in [0.25, 0.3) is 22.6 Å². The summed E-state index contributed by atoms with van der Waals surface area (Å²) in [5.74, 6) is 1.61. The van der Waals surface area contributed by atoms with E-state index in [1.807, 2.05) is 24.3 Å². The summed E-state index contributed by atoms with van der Waals surface area (Å²) in [5, 5.41) is 0. The number of hydrogen-bond donors (Lipinski definition) is 0. The van der Waals surface area contributed by atoms with Crippen LogP contribution >= 0.6 is 0 Å². The average molecular weight is 602 g/mol. The molecule has 3 atom stereocenters. The first-order valence-corrected chi connectivity index (χ1v) is 15.8. The molecule has 1 aliphatic carbocycles. The molecule has 0 N–H and O–H groups in total. The highest BCUT2D eigenvalue weighted by atomic mass is 19.3. The third kappa shape index (κ3) is 7.37. The number of hydrogen-bond acceptors (Lipinski definition) is 5. The van der Waals surface area contributed by atoms with Gasteiger partial charge >= 0.3 is 6.61 Å². The zero-order valence-corrected chi connectivity index (χ0v) is 25.3. The molecule has 6 nitrogen and oxygen atoms in total. The normalized spacial score (nSPS) is 19.9. The Labute approximate surface area is 258 Å². The largest absolute Gasteiger partial charge is 0.435 e. The Morgan fingerprint density at radius 1 is 0.886 bits per heavy atom. The van der Waals surface area contributed by atoms with Crippen LogP contribution in [0.3, 0.4) is 0 Å². The lowest BCUT2D eigenvalue weighted by Crippen LogP contribution is -2.37. The molecule has 1 saturated carbocycles. The average Bonchev–Trinajstić information content (AvgIpc) is 3.66. The summed E-state index contributed by atoms with van der Waals surface area (Å²) in [6.45, 7) is 2.90. The van der Waals surface area contributed by atoms with E-state index in [4.69, 9.17) is 14.5 Å². The molecule has 44 heavy (non-hydrogen) atoms. The molecule has 0 bridgehead atoms. The first-order valence-electron chi connectivity index (χ1n) is 15.8. The molecule has 6 rings (SSSR count). The van der Waals surface area contributed by atoms with Crippen molar-refractivity contribution in [2.24, 2.45) is 5.92 Å². The molecule has 232 valence electrons. The van der Waals surface area contributed by atoms with Gasteiger partial charge in [0.15, 0.2) is 0 Å². The highest BCUT2D eigenvalue weighted by Gasteiger charge is 2.36. The second-order valence-electron chi connectivity index (χ2n) is 11.9. The molecule has 1 saturated heterocycles. The van der Waals surface area contributed by atoms with Crippen molar-refractivity contribution in [3.8, 4) is 28.4 Å². The van der Waals surface area contributed by atoms with Crippen molar-refractivity contribution in [3.05, 3.63) is 96.2 Å². The van der Waals surface area contributed by atoms with Gasteiger partial charge in [-0.05, 0) is 49.3 Å². The summed E-state index contributed by atoms with van der Waals surface area (Å²) in [6.07, 6.45) is 5.54. The maximum Gasteiger partial charge on any atom is 0.387 e. The maximum absolute atomic E-state index is 12.8. The third-order valence-corrected chi connectivity index (χ3v) is 8.74. The summed E-state index contributed by atoms with van der Waals surface area (Å²) in [6, 6.07) is 27.9. The fraction of sp³-hybridized carbons (Fsp3) is 0.417. The van der Waals surface area contributed by atoms with E-state index >= 15 is 0 Å². The van der Waals surface area contributed by atoms with Crippen LogP contribution in [0.2, 0.25) is 0 Å². The molecule has 0 spiro atoms. The second kappa shape index (κ2) is 14.5. The van der Waals surface area contributed by atoms with E-state index in [0.29, 0.717) is 25.8 Å². The topological polar surface area (TPSA) is 48.8 Å². The SMILES string of the molecule is CCCCn1c(-c2ccccc2)nc(-c2ccccc2)c1CN(Cc1ccc(OC(F)F)cc1)CC1CCC2OCOC2C1. The van der Waals surface area contributed by atoms with Gasteiger partial charge in [0.1, 0.15) is 18.4 Å². The van der Waals surface area contributed by atoms with Crippen LogP contribution in [0.1, 0.15) is 50.3 Å². The Kier molecular flexibility index (Phi) is 10.0. The molecule has 1 aromatic heterocycles. The lowest BCUT2D eigenvalue weighted by molar-refractivity contribution is -0.0498. The molecule has 4 aromatic rings. The summed E-state index contributed by atoms with van der Waals surface area (Å²) in [4.78, 5) is 7.80. The predicted octanol–water partition coefficient (Wildman–Crippen LogP) is 8.16. The van der Waals surface area contributed by atoms with E-state index in [9.17, 15) is 8.78 Å². The molecule has 2 aliphatic rings. The molecular formula is C36H41F2N3O3. The van der Waals surface area contributed by atoms with Crippen LogP contribution in [0.5, 0.6) is 5.75 Å². The molecule has 0 amide bonds. The lowest BCUT2D eigenvalue weighted by atomic mass is 9.85. The Hall–Kier alpha value is -3.59. The maximum atomic E-state index is 12.8. The summed E-state index contributed by atoms with van der Waals surface area (Å²) >= 11 is 0. The fourth-order valence-corrected chi connectivity index (χ4v) is 6.56. The van der Waals surface area contributed by atoms with Crippen molar-refractivity contribution in [1.29, 1.82) is 0 Å². The van der Waals surface area contributed by atoms with Gasteiger partial charge in [0.05, 0.1) is 23.6 Å². The van der Waals surface area contributed by atoms with Crippen LogP contribution in [0.15, 0.2) is 84.9 Å². The molecule has 3 aromatic carbocycles. The smallest absolute Gasteiger partial charge is 0.387 e. The summed E-state index contributed by atoms with van der Waals surface area (Å²) in [5.41, 5.74) is 5.44. The fourth-order valence-electron chi connectivity index (χ4n) is 6.56. The number of ether oxygens (including phenoxy) is 3. The van der Waals surface area contributed by atoms with Gasteiger partial charge in [-0.1, -0.05) is 86.1 Å². The quantitative estimate of drug-likeness (QED) is 0.155. The number of alkyl halides is 2. The molecule has 0 radical (unpaired) electrons. The Morgan fingerprint density at radius 2 is 1.59 bits per heavy atom. The zero-order valence-electron chi connectivity index (χ0n) is 25.3. The molecule has 2 fully saturated rings. The number of imidazole rings is 1. The molecule has 1 aliphatic heterocycles. The van der Waals surface area contributed by atoms with E-state index in [1.165, 1.54) is 5.69 Å².